The first-order valence-corrected chi connectivity index (χ1v) is 6.21. The van der Waals surface area contributed by atoms with Crippen molar-refractivity contribution in [1.82, 2.24) is 4.90 Å². The average Bonchev–Trinajstić information content (AvgIpc) is 2.38. The Bertz CT molecular complexity index is 379. The Morgan fingerprint density at radius 1 is 1.28 bits per heavy atom. The highest BCUT2D eigenvalue weighted by Gasteiger charge is 2.12. The second-order valence-corrected chi connectivity index (χ2v) is 3.92. The largest absolute Gasteiger partial charge is 0.496 e. The minimum absolute atomic E-state index is 0.186. The number of ether oxygens (including phenoxy) is 2. The van der Waals surface area contributed by atoms with Gasteiger partial charge in [0.15, 0.2) is 0 Å². The summed E-state index contributed by atoms with van der Waals surface area (Å²) < 4.78 is 10.3. The third-order valence-electron chi connectivity index (χ3n) is 2.69. The molecule has 0 N–H and O–H groups in total. The van der Waals surface area contributed by atoms with Crippen molar-refractivity contribution < 1.29 is 14.3 Å². The molecule has 0 unspecified atom stereocenters. The lowest BCUT2D eigenvalue weighted by molar-refractivity contribution is -0.144. The number of likely N-dealkylation sites (N-methyl/N-ethyl adjacent to an activating group) is 1. The van der Waals surface area contributed by atoms with Gasteiger partial charge in [0, 0.05) is 12.1 Å². The van der Waals surface area contributed by atoms with Gasteiger partial charge in [0.25, 0.3) is 0 Å². The minimum atomic E-state index is -0.186. The van der Waals surface area contributed by atoms with Gasteiger partial charge in [0.05, 0.1) is 20.3 Å². The third kappa shape index (κ3) is 4.37. The van der Waals surface area contributed by atoms with Gasteiger partial charge in [-0.15, -0.1) is 0 Å². The van der Waals surface area contributed by atoms with Crippen molar-refractivity contribution in [2.24, 2.45) is 0 Å². The minimum Gasteiger partial charge on any atom is -0.496 e. The van der Waals surface area contributed by atoms with Gasteiger partial charge in [0.2, 0.25) is 0 Å². The Morgan fingerprint density at radius 3 is 2.61 bits per heavy atom. The number of carbonyl (C=O) groups excluding carboxylic acids is 1. The van der Waals surface area contributed by atoms with Crippen LogP contribution in [0.1, 0.15) is 19.4 Å². The van der Waals surface area contributed by atoms with Crippen LogP contribution in [0.25, 0.3) is 0 Å². The summed E-state index contributed by atoms with van der Waals surface area (Å²) in [5.41, 5.74) is 1.08. The first-order chi connectivity index (χ1) is 8.71. The van der Waals surface area contributed by atoms with E-state index >= 15 is 0 Å². The summed E-state index contributed by atoms with van der Waals surface area (Å²) in [6.07, 6.45) is 0. The molecule has 1 aromatic rings. The SMILES string of the molecule is CCOC(=O)CN(CC)Cc1ccccc1OC. The lowest BCUT2D eigenvalue weighted by atomic mass is 10.2. The van der Waals surface area contributed by atoms with Crippen molar-refractivity contribution in [3.63, 3.8) is 0 Å². The average molecular weight is 251 g/mol. The van der Waals surface area contributed by atoms with Crippen LogP contribution in [0.3, 0.4) is 0 Å². The van der Waals surface area contributed by atoms with Crippen molar-refractivity contribution in [2.45, 2.75) is 20.4 Å². The molecule has 0 spiro atoms. The fourth-order valence-corrected chi connectivity index (χ4v) is 1.74. The quantitative estimate of drug-likeness (QED) is 0.695. The zero-order valence-corrected chi connectivity index (χ0v) is 11.3. The molecule has 0 radical (unpaired) electrons. The van der Waals surface area contributed by atoms with E-state index < -0.39 is 0 Å². The molecule has 0 saturated heterocycles. The number of rotatable bonds is 7. The van der Waals surface area contributed by atoms with E-state index in [1.54, 1.807) is 7.11 Å². The number of benzene rings is 1. The van der Waals surface area contributed by atoms with Gasteiger partial charge < -0.3 is 9.47 Å². The molecule has 1 rings (SSSR count). The molecule has 1 aromatic carbocycles. The number of hydrogen-bond donors (Lipinski definition) is 0. The van der Waals surface area contributed by atoms with Crippen molar-refractivity contribution in [3.05, 3.63) is 29.8 Å². The van der Waals surface area contributed by atoms with Crippen LogP contribution in [-0.4, -0.2) is 37.7 Å². The monoisotopic (exact) mass is 251 g/mol. The van der Waals surface area contributed by atoms with Gasteiger partial charge in [-0.25, -0.2) is 0 Å². The molecular weight excluding hydrogens is 230 g/mol. The Balaban J connectivity index is 2.64. The summed E-state index contributed by atoms with van der Waals surface area (Å²) in [5, 5.41) is 0. The van der Waals surface area contributed by atoms with Crippen molar-refractivity contribution in [1.29, 1.82) is 0 Å². The molecule has 0 saturated carbocycles. The summed E-state index contributed by atoms with van der Waals surface area (Å²) >= 11 is 0. The van der Waals surface area contributed by atoms with Crippen LogP contribution in [0.15, 0.2) is 24.3 Å². The van der Waals surface area contributed by atoms with E-state index in [-0.39, 0.29) is 5.97 Å². The molecule has 0 atom stereocenters. The van der Waals surface area contributed by atoms with Crippen molar-refractivity contribution in [2.75, 3.05) is 26.8 Å². The molecule has 4 nitrogen and oxygen atoms in total. The van der Waals surface area contributed by atoms with E-state index in [1.807, 2.05) is 43.0 Å². The summed E-state index contributed by atoms with van der Waals surface area (Å²) in [5.74, 6) is 0.661. The lowest BCUT2D eigenvalue weighted by Gasteiger charge is -2.20. The molecule has 0 aliphatic carbocycles. The van der Waals surface area contributed by atoms with E-state index in [4.69, 9.17) is 9.47 Å². The summed E-state index contributed by atoms with van der Waals surface area (Å²) in [7, 11) is 1.65. The molecule has 0 amide bonds. The Labute approximate surface area is 108 Å². The Kier molecular flexibility index (Phi) is 6.22. The van der Waals surface area contributed by atoms with E-state index in [0.717, 1.165) is 17.9 Å². The van der Waals surface area contributed by atoms with Crippen LogP contribution in [0.4, 0.5) is 0 Å². The molecule has 18 heavy (non-hydrogen) atoms. The number of carbonyl (C=O) groups is 1. The molecule has 4 heteroatoms. The molecule has 0 fully saturated rings. The second kappa shape index (κ2) is 7.71. The maximum Gasteiger partial charge on any atom is 0.320 e. The smallest absolute Gasteiger partial charge is 0.320 e. The predicted octanol–water partition coefficient (Wildman–Crippen LogP) is 2.08. The van der Waals surface area contributed by atoms with Gasteiger partial charge in [-0.1, -0.05) is 25.1 Å². The summed E-state index contributed by atoms with van der Waals surface area (Å²) in [4.78, 5) is 13.5. The van der Waals surface area contributed by atoms with Crippen LogP contribution >= 0.6 is 0 Å². The van der Waals surface area contributed by atoms with E-state index in [1.165, 1.54) is 0 Å². The maximum absolute atomic E-state index is 11.5. The number of hydrogen-bond acceptors (Lipinski definition) is 4. The fraction of sp³-hybridized carbons (Fsp3) is 0.500. The molecule has 0 bridgehead atoms. The van der Waals surface area contributed by atoms with Gasteiger partial charge in [-0.3, -0.25) is 9.69 Å². The van der Waals surface area contributed by atoms with Gasteiger partial charge >= 0.3 is 5.97 Å². The van der Waals surface area contributed by atoms with Crippen LogP contribution in [0.2, 0.25) is 0 Å². The molecule has 0 aliphatic heterocycles. The van der Waals surface area contributed by atoms with E-state index in [2.05, 4.69) is 0 Å². The predicted molar refractivity (Wildman–Crippen MR) is 70.6 cm³/mol. The van der Waals surface area contributed by atoms with E-state index in [9.17, 15) is 4.79 Å². The third-order valence-corrected chi connectivity index (χ3v) is 2.69. The topological polar surface area (TPSA) is 38.8 Å². The van der Waals surface area contributed by atoms with Crippen LogP contribution in [-0.2, 0) is 16.1 Å². The lowest BCUT2D eigenvalue weighted by Crippen LogP contribution is -2.30. The van der Waals surface area contributed by atoms with E-state index in [0.29, 0.717) is 19.7 Å². The molecule has 0 aliphatic rings. The molecule has 0 heterocycles. The Morgan fingerprint density at radius 2 is 2.00 bits per heavy atom. The highest BCUT2D eigenvalue weighted by atomic mass is 16.5. The molecule has 0 aromatic heterocycles. The number of esters is 1. The van der Waals surface area contributed by atoms with Gasteiger partial charge in [-0.05, 0) is 19.5 Å². The fourth-order valence-electron chi connectivity index (χ4n) is 1.74. The summed E-state index contributed by atoms with van der Waals surface area (Å²) in [6, 6.07) is 7.83. The number of para-hydroxylation sites is 1. The normalized spacial score (nSPS) is 10.4. The first-order valence-electron chi connectivity index (χ1n) is 6.21. The highest BCUT2D eigenvalue weighted by Crippen LogP contribution is 2.19. The van der Waals surface area contributed by atoms with Crippen LogP contribution in [0.5, 0.6) is 5.75 Å². The Hall–Kier alpha value is -1.55. The number of methoxy groups -OCH3 is 1. The van der Waals surface area contributed by atoms with Crippen molar-refractivity contribution in [3.8, 4) is 5.75 Å². The molecule has 100 valence electrons. The zero-order valence-electron chi connectivity index (χ0n) is 11.3. The standard InChI is InChI=1S/C14H21NO3/c1-4-15(11-14(16)18-5-2)10-12-8-6-7-9-13(12)17-3/h6-9H,4-5,10-11H2,1-3H3. The van der Waals surface area contributed by atoms with Gasteiger partial charge in [0.1, 0.15) is 5.75 Å². The van der Waals surface area contributed by atoms with Gasteiger partial charge in [-0.2, -0.15) is 0 Å². The number of nitrogens with zero attached hydrogens (tertiary/aromatic N) is 1. The van der Waals surface area contributed by atoms with Crippen molar-refractivity contribution >= 4 is 5.97 Å². The summed E-state index contributed by atoms with van der Waals surface area (Å²) in [6.45, 7) is 6.03. The highest BCUT2D eigenvalue weighted by molar-refractivity contribution is 5.71. The molecular formula is C14H21NO3. The zero-order chi connectivity index (χ0) is 13.4. The van der Waals surface area contributed by atoms with Crippen LogP contribution in [0, 0.1) is 0 Å². The first kappa shape index (κ1) is 14.5. The van der Waals surface area contributed by atoms with Crippen LogP contribution < -0.4 is 4.74 Å². The second-order valence-electron chi connectivity index (χ2n) is 3.92. The maximum atomic E-state index is 11.5.